The lowest BCUT2D eigenvalue weighted by atomic mass is 9.79. The van der Waals surface area contributed by atoms with Crippen molar-refractivity contribution in [3.8, 4) is 0 Å². The van der Waals surface area contributed by atoms with Gasteiger partial charge in [0, 0.05) is 29.7 Å². The summed E-state index contributed by atoms with van der Waals surface area (Å²) in [6.45, 7) is 0.545. The highest BCUT2D eigenvalue weighted by molar-refractivity contribution is 5.94. The highest BCUT2D eigenvalue weighted by Crippen LogP contribution is 2.50. The number of benzene rings is 3. The summed E-state index contributed by atoms with van der Waals surface area (Å²) in [7, 11) is 0. The number of aliphatic hydroxyl groups excluding tert-OH is 1. The molecule has 2 unspecified atom stereocenters. The van der Waals surface area contributed by atoms with Crippen molar-refractivity contribution in [1.29, 1.82) is 0 Å². The Morgan fingerprint density at radius 3 is 2.23 bits per heavy atom. The lowest BCUT2D eigenvalue weighted by Crippen LogP contribution is -2.29. The van der Waals surface area contributed by atoms with Crippen LogP contribution in [0.3, 0.4) is 0 Å². The third-order valence-electron chi connectivity index (χ3n) is 6.37. The van der Waals surface area contributed by atoms with E-state index in [1.165, 1.54) is 0 Å². The van der Waals surface area contributed by atoms with Gasteiger partial charge in [-0.2, -0.15) is 0 Å². The number of aliphatic hydroxyl groups is 1. The Balaban J connectivity index is 1.44. The van der Waals surface area contributed by atoms with Crippen molar-refractivity contribution < 1.29 is 24.6 Å². The summed E-state index contributed by atoms with van der Waals surface area (Å²) in [6.07, 6.45) is 2.50. The number of fused-ring (bicyclic) bond motifs is 1. The van der Waals surface area contributed by atoms with Crippen molar-refractivity contribution in [2.45, 2.75) is 44.0 Å². The van der Waals surface area contributed by atoms with E-state index < -0.39 is 11.9 Å². The molecular formula is C28H30N2O5. The summed E-state index contributed by atoms with van der Waals surface area (Å²) < 4.78 is 6.24. The Bertz CT molecular complexity index is 1150. The van der Waals surface area contributed by atoms with E-state index in [9.17, 15) is 14.7 Å². The highest BCUT2D eigenvalue weighted by Gasteiger charge is 2.47. The van der Waals surface area contributed by atoms with E-state index in [1.54, 1.807) is 17.6 Å². The van der Waals surface area contributed by atoms with Gasteiger partial charge in [-0.05, 0) is 36.1 Å². The average Bonchev–Trinajstić information content (AvgIpc) is 3.21. The molecule has 182 valence electrons. The van der Waals surface area contributed by atoms with E-state index >= 15 is 0 Å². The van der Waals surface area contributed by atoms with Gasteiger partial charge >= 0.3 is 0 Å². The summed E-state index contributed by atoms with van der Waals surface area (Å²) >= 11 is 0. The molecule has 7 heteroatoms. The maximum Gasteiger partial charge on any atom is 0.251 e. The molecule has 0 bridgehead atoms. The summed E-state index contributed by atoms with van der Waals surface area (Å²) in [6, 6.07) is 24.7. The molecule has 0 spiro atoms. The Labute approximate surface area is 204 Å². The minimum Gasteiger partial charge on any atom is -0.364 e. The maximum atomic E-state index is 12.6. The first-order chi connectivity index (χ1) is 17.1. The third-order valence-corrected chi connectivity index (χ3v) is 6.37. The zero-order valence-corrected chi connectivity index (χ0v) is 19.4. The standard InChI is InChI=1S/C28H30N2O5/c31-25(30-34)14-6-1-2-9-19-29-26(32)20-15-17-22(18-16-20)28(21-10-4-3-5-11-21)24-13-8-7-12-23(24)27(33)35-28/h3-5,7-8,10-13,15-18,27,33-34H,1-2,6,9,14,19H2,(H,29,32)(H,30,31). The average molecular weight is 475 g/mol. The van der Waals surface area contributed by atoms with Gasteiger partial charge in [0.05, 0.1) is 0 Å². The van der Waals surface area contributed by atoms with E-state index in [4.69, 9.17) is 9.94 Å². The van der Waals surface area contributed by atoms with Crippen LogP contribution in [0.5, 0.6) is 0 Å². The summed E-state index contributed by atoms with van der Waals surface area (Å²) in [5.41, 5.74) is 4.54. The van der Waals surface area contributed by atoms with Gasteiger partial charge in [0.2, 0.25) is 5.91 Å². The number of hydrogen-bond donors (Lipinski definition) is 4. The van der Waals surface area contributed by atoms with Crippen LogP contribution < -0.4 is 10.8 Å². The molecule has 3 aromatic carbocycles. The van der Waals surface area contributed by atoms with Crippen molar-refractivity contribution in [3.05, 3.63) is 107 Å². The van der Waals surface area contributed by atoms with Gasteiger partial charge in [-0.1, -0.05) is 79.6 Å². The normalized spacial score (nSPS) is 18.6. The molecule has 0 aromatic heterocycles. The lowest BCUT2D eigenvalue weighted by Gasteiger charge is -2.31. The zero-order valence-electron chi connectivity index (χ0n) is 19.4. The minimum atomic E-state index is -1.05. The van der Waals surface area contributed by atoms with E-state index in [-0.39, 0.29) is 11.8 Å². The monoisotopic (exact) mass is 474 g/mol. The van der Waals surface area contributed by atoms with Crippen LogP contribution in [-0.4, -0.2) is 28.7 Å². The number of amides is 2. The fourth-order valence-electron chi connectivity index (χ4n) is 4.59. The van der Waals surface area contributed by atoms with Crippen LogP contribution in [0.25, 0.3) is 0 Å². The molecule has 2 amide bonds. The second-order valence-corrected chi connectivity index (χ2v) is 8.64. The second-order valence-electron chi connectivity index (χ2n) is 8.64. The van der Waals surface area contributed by atoms with Crippen molar-refractivity contribution in [3.63, 3.8) is 0 Å². The molecule has 1 aliphatic heterocycles. The number of hydroxylamine groups is 1. The van der Waals surface area contributed by atoms with Gasteiger partial charge in [-0.15, -0.1) is 0 Å². The van der Waals surface area contributed by atoms with Gasteiger partial charge in [0.1, 0.15) is 5.60 Å². The van der Waals surface area contributed by atoms with Crippen molar-refractivity contribution in [1.82, 2.24) is 10.8 Å². The van der Waals surface area contributed by atoms with E-state index in [0.717, 1.165) is 41.5 Å². The van der Waals surface area contributed by atoms with E-state index in [2.05, 4.69) is 5.32 Å². The van der Waals surface area contributed by atoms with Crippen LogP contribution in [0.1, 0.15) is 71.0 Å². The Morgan fingerprint density at radius 1 is 0.829 bits per heavy atom. The fourth-order valence-corrected chi connectivity index (χ4v) is 4.59. The van der Waals surface area contributed by atoms with Gasteiger partial charge in [0.15, 0.2) is 6.29 Å². The number of rotatable bonds is 10. The summed E-state index contributed by atoms with van der Waals surface area (Å²) in [5.74, 6) is -0.533. The number of ether oxygens (including phenoxy) is 1. The molecule has 1 aliphatic rings. The number of carbonyl (C=O) groups excluding carboxylic acids is 2. The molecule has 0 saturated carbocycles. The predicted octanol–water partition coefficient (Wildman–Crippen LogP) is 4.19. The van der Waals surface area contributed by atoms with Gasteiger partial charge in [0.25, 0.3) is 5.91 Å². The first kappa shape index (κ1) is 24.6. The Kier molecular flexibility index (Phi) is 7.92. The molecule has 0 fully saturated rings. The molecule has 0 saturated heterocycles. The van der Waals surface area contributed by atoms with Crippen LogP contribution in [-0.2, 0) is 15.1 Å². The molecule has 0 aliphatic carbocycles. The quantitative estimate of drug-likeness (QED) is 0.200. The van der Waals surface area contributed by atoms with E-state index in [0.29, 0.717) is 24.9 Å². The van der Waals surface area contributed by atoms with Crippen LogP contribution in [0.15, 0.2) is 78.9 Å². The molecule has 2 atom stereocenters. The molecule has 1 heterocycles. The summed E-state index contributed by atoms with van der Waals surface area (Å²) in [5, 5.41) is 22.1. The van der Waals surface area contributed by atoms with Crippen molar-refractivity contribution >= 4 is 11.8 Å². The van der Waals surface area contributed by atoms with E-state index in [1.807, 2.05) is 66.7 Å². The van der Waals surface area contributed by atoms with Crippen LogP contribution in [0.2, 0.25) is 0 Å². The highest BCUT2D eigenvalue weighted by atomic mass is 16.6. The second kappa shape index (κ2) is 11.3. The maximum absolute atomic E-state index is 12.6. The van der Waals surface area contributed by atoms with Gasteiger partial charge in [-0.25, -0.2) is 5.48 Å². The summed E-state index contributed by atoms with van der Waals surface area (Å²) in [4.78, 5) is 23.6. The molecule has 4 rings (SSSR count). The number of unbranched alkanes of at least 4 members (excludes halogenated alkanes) is 3. The van der Waals surface area contributed by atoms with Crippen LogP contribution >= 0.6 is 0 Å². The van der Waals surface area contributed by atoms with Gasteiger partial charge < -0.3 is 15.2 Å². The minimum absolute atomic E-state index is 0.155. The Hall–Kier alpha value is -3.52. The first-order valence-corrected chi connectivity index (χ1v) is 11.9. The van der Waals surface area contributed by atoms with Crippen molar-refractivity contribution in [2.24, 2.45) is 0 Å². The fraction of sp³-hybridized carbons (Fsp3) is 0.286. The van der Waals surface area contributed by atoms with Gasteiger partial charge in [-0.3, -0.25) is 14.8 Å². The number of nitrogens with one attached hydrogen (secondary N) is 2. The topological polar surface area (TPSA) is 108 Å². The molecule has 4 N–H and O–H groups in total. The number of hydrogen-bond acceptors (Lipinski definition) is 5. The third kappa shape index (κ3) is 5.27. The SMILES string of the molecule is O=C(CCCCCCNC(=O)c1ccc(C2(c3ccccc3)OC(O)c3ccccc32)cc1)NO. The van der Waals surface area contributed by atoms with Crippen LogP contribution in [0, 0.1) is 0 Å². The largest absolute Gasteiger partial charge is 0.364 e. The zero-order chi connectivity index (χ0) is 24.7. The molecule has 35 heavy (non-hydrogen) atoms. The Morgan fingerprint density at radius 2 is 1.49 bits per heavy atom. The number of carbonyl (C=O) groups is 2. The molecular weight excluding hydrogens is 444 g/mol. The molecule has 0 radical (unpaired) electrons. The lowest BCUT2D eigenvalue weighted by molar-refractivity contribution is -0.140. The van der Waals surface area contributed by atoms with Crippen molar-refractivity contribution in [2.75, 3.05) is 6.54 Å². The smallest absolute Gasteiger partial charge is 0.251 e. The van der Waals surface area contributed by atoms with Crippen LogP contribution in [0.4, 0.5) is 0 Å². The predicted molar refractivity (Wildman–Crippen MR) is 131 cm³/mol. The molecule has 7 nitrogen and oxygen atoms in total. The molecule has 3 aromatic rings. The first-order valence-electron chi connectivity index (χ1n) is 11.9.